The summed E-state index contributed by atoms with van der Waals surface area (Å²) in [6, 6.07) is 0.175. The van der Waals surface area contributed by atoms with Gasteiger partial charge in [0.15, 0.2) is 0 Å². The van der Waals surface area contributed by atoms with Crippen LogP contribution >= 0.6 is 0 Å². The van der Waals surface area contributed by atoms with E-state index in [1.54, 1.807) is 7.11 Å². The first kappa shape index (κ1) is 11.3. The lowest BCUT2D eigenvalue weighted by Gasteiger charge is -2.34. The Labute approximate surface area is 83.6 Å². The van der Waals surface area contributed by atoms with E-state index in [1.165, 1.54) is 0 Å². The minimum atomic E-state index is -0.966. The second kappa shape index (κ2) is 5.17. The lowest BCUT2D eigenvalue weighted by atomic mass is 9.82. The zero-order valence-electron chi connectivity index (χ0n) is 8.40. The molecule has 4 N–H and O–H groups in total. The van der Waals surface area contributed by atoms with Crippen LogP contribution in [0.4, 0.5) is 4.79 Å². The van der Waals surface area contributed by atoms with E-state index in [0.29, 0.717) is 6.61 Å². The van der Waals surface area contributed by atoms with E-state index in [-0.39, 0.29) is 18.0 Å². The molecular weight excluding hydrogens is 184 g/mol. The van der Waals surface area contributed by atoms with Crippen molar-refractivity contribution in [2.24, 2.45) is 11.7 Å². The molecule has 1 saturated carbocycles. The maximum Gasteiger partial charge on any atom is 0.404 e. The molecule has 0 unspecified atom stereocenters. The Bertz CT molecular complexity index is 198. The highest BCUT2D eigenvalue weighted by molar-refractivity contribution is 5.64. The van der Waals surface area contributed by atoms with Gasteiger partial charge in [0.05, 0.1) is 6.61 Å². The third-order valence-corrected chi connectivity index (χ3v) is 2.71. The van der Waals surface area contributed by atoms with Crippen LogP contribution in [0.5, 0.6) is 0 Å². The molecule has 5 nitrogen and oxygen atoms in total. The molecule has 1 aliphatic carbocycles. The van der Waals surface area contributed by atoms with E-state index in [4.69, 9.17) is 15.6 Å². The van der Waals surface area contributed by atoms with Gasteiger partial charge in [0, 0.05) is 25.1 Å². The molecule has 0 aromatic rings. The molecule has 0 heterocycles. The van der Waals surface area contributed by atoms with Gasteiger partial charge in [0.2, 0.25) is 0 Å². The average molecular weight is 202 g/mol. The normalized spacial score (nSPS) is 32.6. The van der Waals surface area contributed by atoms with Crippen LogP contribution in [0, 0.1) is 5.92 Å². The number of hydrogen-bond donors (Lipinski definition) is 3. The molecule has 0 aromatic carbocycles. The van der Waals surface area contributed by atoms with Gasteiger partial charge in [-0.2, -0.15) is 0 Å². The van der Waals surface area contributed by atoms with Crippen LogP contribution in [-0.4, -0.2) is 37.0 Å². The molecular formula is C9H18N2O3. The molecule has 0 aliphatic heterocycles. The molecule has 0 bridgehead atoms. The van der Waals surface area contributed by atoms with Crippen LogP contribution in [0.15, 0.2) is 0 Å². The number of carbonyl (C=O) groups is 1. The zero-order chi connectivity index (χ0) is 10.6. The number of hydrogen-bond acceptors (Lipinski definition) is 3. The van der Waals surface area contributed by atoms with Gasteiger partial charge in [0.1, 0.15) is 0 Å². The molecule has 1 aliphatic rings. The van der Waals surface area contributed by atoms with Crippen LogP contribution in [-0.2, 0) is 4.74 Å². The van der Waals surface area contributed by atoms with Gasteiger partial charge in [-0.25, -0.2) is 4.79 Å². The number of carboxylic acid groups (broad SMARTS) is 1. The van der Waals surface area contributed by atoms with Gasteiger partial charge < -0.3 is 20.9 Å². The molecule has 0 aromatic heterocycles. The minimum Gasteiger partial charge on any atom is -0.465 e. The van der Waals surface area contributed by atoms with Crippen LogP contribution in [0.1, 0.15) is 19.3 Å². The first-order chi connectivity index (χ1) is 6.63. The molecule has 0 radical (unpaired) electrons. The third kappa shape index (κ3) is 3.16. The molecule has 5 heteroatoms. The van der Waals surface area contributed by atoms with E-state index >= 15 is 0 Å². The van der Waals surface area contributed by atoms with Crippen molar-refractivity contribution in [1.82, 2.24) is 5.32 Å². The Morgan fingerprint density at radius 1 is 1.64 bits per heavy atom. The molecule has 3 atom stereocenters. The van der Waals surface area contributed by atoms with Crippen molar-refractivity contribution in [2.45, 2.75) is 31.3 Å². The number of ether oxygens (including phenoxy) is 1. The van der Waals surface area contributed by atoms with Crippen molar-refractivity contribution >= 4 is 6.09 Å². The summed E-state index contributed by atoms with van der Waals surface area (Å²) in [5.41, 5.74) is 5.82. The van der Waals surface area contributed by atoms with E-state index in [9.17, 15) is 4.79 Å². The van der Waals surface area contributed by atoms with Crippen LogP contribution in [0.25, 0.3) is 0 Å². The number of amides is 1. The Balaban J connectivity index is 2.48. The zero-order valence-corrected chi connectivity index (χ0v) is 8.40. The first-order valence-electron chi connectivity index (χ1n) is 4.87. The summed E-state index contributed by atoms with van der Waals surface area (Å²) >= 11 is 0. The fourth-order valence-corrected chi connectivity index (χ4v) is 2.05. The number of nitrogens with one attached hydrogen (secondary N) is 1. The topological polar surface area (TPSA) is 84.6 Å². The molecule has 0 saturated heterocycles. The molecule has 1 rings (SSSR count). The lowest BCUT2D eigenvalue weighted by Crippen LogP contribution is -2.47. The van der Waals surface area contributed by atoms with Gasteiger partial charge >= 0.3 is 6.09 Å². The molecule has 82 valence electrons. The summed E-state index contributed by atoms with van der Waals surface area (Å²) in [6.45, 7) is 0.568. The van der Waals surface area contributed by atoms with Crippen molar-refractivity contribution in [3.8, 4) is 0 Å². The standard InChI is InChI=1S/C9H18N2O3/c1-14-5-6-4-7(10)2-3-8(6)11-9(12)13/h6-8,11H,2-5,10H2,1H3,(H,12,13)/t6-,7-,8+/m1/s1. The molecule has 0 spiro atoms. The lowest BCUT2D eigenvalue weighted by molar-refractivity contribution is 0.0994. The van der Waals surface area contributed by atoms with Gasteiger partial charge in [0.25, 0.3) is 0 Å². The molecule has 1 amide bonds. The summed E-state index contributed by atoms with van der Waals surface area (Å²) in [5, 5.41) is 11.2. The van der Waals surface area contributed by atoms with Crippen molar-refractivity contribution in [3.05, 3.63) is 0 Å². The van der Waals surface area contributed by atoms with E-state index in [1.807, 2.05) is 0 Å². The fraction of sp³-hybridized carbons (Fsp3) is 0.889. The van der Waals surface area contributed by atoms with E-state index < -0.39 is 6.09 Å². The summed E-state index contributed by atoms with van der Waals surface area (Å²) in [7, 11) is 1.62. The Morgan fingerprint density at radius 2 is 2.36 bits per heavy atom. The predicted molar refractivity (Wildman–Crippen MR) is 52.1 cm³/mol. The quantitative estimate of drug-likeness (QED) is 0.618. The highest BCUT2D eigenvalue weighted by atomic mass is 16.5. The Hall–Kier alpha value is -0.810. The number of rotatable bonds is 3. The van der Waals surface area contributed by atoms with Crippen LogP contribution in [0.3, 0.4) is 0 Å². The smallest absolute Gasteiger partial charge is 0.404 e. The van der Waals surface area contributed by atoms with Gasteiger partial charge in [-0.15, -0.1) is 0 Å². The van der Waals surface area contributed by atoms with Gasteiger partial charge in [-0.1, -0.05) is 0 Å². The average Bonchev–Trinajstić information content (AvgIpc) is 2.09. The minimum absolute atomic E-state index is 0.00718. The fourth-order valence-electron chi connectivity index (χ4n) is 2.05. The number of nitrogens with two attached hydrogens (primary N) is 1. The molecule has 1 fully saturated rings. The largest absolute Gasteiger partial charge is 0.465 e. The van der Waals surface area contributed by atoms with E-state index in [2.05, 4.69) is 5.32 Å². The van der Waals surface area contributed by atoms with Crippen LogP contribution in [0.2, 0.25) is 0 Å². The summed E-state index contributed by atoms with van der Waals surface area (Å²) in [5.74, 6) is 0.208. The molecule has 14 heavy (non-hydrogen) atoms. The van der Waals surface area contributed by atoms with Crippen molar-refractivity contribution in [3.63, 3.8) is 0 Å². The van der Waals surface area contributed by atoms with Crippen molar-refractivity contribution in [2.75, 3.05) is 13.7 Å². The van der Waals surface area contributed by atoms with E-state index in [0.717, 1.165) is 19.3 Å². The van der Waals surface area contributed by atoms with Crippen molar-refractivity contribution in [1.29, 1.82) is 0 Å². The Kier molecular flexibility index (Phi) is 4.16. The summed E-state index contributed by atoms with van der Waals surface area (Å²) < 4.78 is 5.05. The summed E-state index contributed by atoms with van der Waals surface area (Å²) in [4.78, 5) is 10.5. The third-order valence-electron chi connectivity index (χ3n) is 2.71. The van der Waals surface area contributed by atoms with Gasteiger partial charge in [-0.05, 0) is 19.3 Å². The maximum atomic E-state index is 10.5. The second-order valence-corrected chi connectivity index (χ2v) is 3.84. The highest BCUT2D eigenvalue weighted by Gasteiger charge is 2.29. The van der Waals surface area contributed by atoms with Gasteiger partial charge in [-0.3, -0.25) is 0 Å². The SMILES string of the molecule is COC[C@H]1C[C@H](N)CC[C@@H]1NC(=O)O. The monoisotopic (exact) mass is 202 g/mol. The van der Waals surface area contributed by atoms with Crippen LogP contribution < -0.4 is 11.1 Å². The van der Waals surface area contributed by atoms with Crippen molar-refractivity contribution < 1.29 is 14.6 Å². The Morgan fingerprint density at radius 3 is 2.93 bits per heavy atom. The number of methoxy groups -OCH3 is 1. The highest BCUT2D eigenvalue weighted by Crippen LogP contribution is 2.23. The second-order valence-electron chi connectivity index (χ2n) is 3.84. The first-order valence-corrected chi connectivity index (χ1v) is 4.87. The maximum absolute atomic E-state index is 10.5. The summed E-state index contributed by atoms with van der Waals surface area (Å²) in [6.07, 6.45) is 1.55. The predicted octanol–water partition coefficient (Wildman–Crippen LogP) is 0.396.